The Kier molecular flexibility index (Phi) is 20.9. The second-order valence-electron chi connectivity index (χ2n) is 22.6. The number of H-pyrrole nitrogens is 1. The number of nitrogens with zero attached hydrogens (tertiary/aromatic N) is 6. The average Bonchev–Trinajstić information content (AvgIpc) is 2.04. The summed E-state index contributed by atoms with van der Waals surface area (Å²) in [5.41, 5.74) is -1.32. The standard InChI is InChI=1S/C60H75ClF3N9O10S2/c1-59(42-71-26-30-73(31-27-71)55(74)8-5-3-4-6-9-56(75)81-2)20-18-50(43-10-12-46(61)13-11-43)45(39-59)41-70-24-28-72(29-25-70)47-14-16-51(53(37-47)83-48-36-44-19-22-66-57(44)67-40-48)58(76)68-85(79,80)49-15-17-52(54(38-49)84(77,78)60(62,63)64)65-21-7-23-69-32-34-82-35-33-69/h10-17,19,22,36-38,40,65H,3-9,18,20-21,23-35,39,41-42H2,1-2H3,(H,66,67)(H,68,76)/t59-/m1/s1. The van der Waals surface area contributed by atoms with E-state index in [9.17, 15) is 44.4 Å². The molecule has 5 aromatic rings. The van der Waals surface area contributed by atoms with Crippen LogP contribution in [0.15, 0.2) is 101 Å². The van der Waals surface area contributed by atoms with Crippen molar-refractivity contribution >= 4 is 77.2 Å². The molecule has 5 heterocycles. The number of sulfonamides is 1. The number of unbranched alkanes of at least 4 members (excludes halogenated alkanes) is 3. The number of methoxy groups -OCH3 is 1. The van der Waals surface area contributed by atoms with Crippen LogP contribution >= 0.6 is 11.6 Å². The maximum atomic E-state index is 14.2. The highest BCUT2D eigenvalue weighted by atomic mass is 35.5. The van der Waals surface area contributed by atoms with E-state index in [-0.39, 0.29) is 40.9 Å². The van der Waals surface area contributed by atoms with Crippen LogP contribution in [0, 0.1) is 5.41 Å². The lowest BCUT2D eigenvalue weighted by atomic mass is 9.71. The molecule has 85 heavy (non-hydrogen) atoms. The topological polar surface area (TPSA) is 216 Å². The number of hydrogen-bond acceptors (Lipinski definition) is 16. The zero-order valence-corrected chi connectivity index (χ0v) is 50.5. The van der Waals surface area contributed by atoms with Gasteiger partial charge in [0.2, 0.25) is 5.91 Å². The van der Waals surface area contributed by atoms with Crippen molar-refractivity contribution in [1.29, 1.82) is 0 Å². The van der Waals surface area contributed by atoms with Crippen LogP contribution in [0.1, 0.15) is 87.1 Å². The number of aromatic amines is 1. The molecule has 0 radical (unpaired) electrons. The third kappa shape index (κ3) is 16.4. The number of halogens is 4. The van der Waals surface area contributed by atoms with Gasteiger partial charge in [0.15, 0.2) is 0 Å². The maximum absolute atomic E-state index is 14.2. The van der Waals surface area contributed by atoms with E-state index in [1.165, 1.54) is 30.5 Å². The number of nitrogens with one attached hydrogen (secondary N) is 3. The first-order valence-corrected chi connectivity index (χ1v) is 32.3. The molecule has 460 valence electrons. The summed E-state index contributed by atoms with van der Waals surface area (Å²) in [6, 6.07) is 18.5. The Hall–Kier alpha value is -6.28. The molecular weight excluding hydrogens is 1160 g/mol. The van der Waals surface area contributed by atoms with Crippen molar-refractivity contribution in [2.75, 3.05) is 122 Å². The fourth-order valence-electron chi connectivity index (χ4n) is 11.7. The molecule has 0 unspecified atom stereocenters. The fraction of sp³-hybridized carbons (Fsp3) is 0.500. The van der Waals surface area contributed by atoms with E-state index < -0.39 is 46.8 Å². The number of carbonyl (C=O) groups excluding carboxylic acids is 3. The maximum Gasteiger partial charge on any atom is 0.501 e. The summed E-state index contributed by atoms with van der Waals surface area (Å²) in [6.07, 6.45) is 10.7. The summed E-state index contributed by atoms with van der Waals surface area (Å²) in [7, 11) is -9.68. The smallest absolute Gasteiger partial charge is 0.469 e. The molecule has 1 atom stereocenters. The number of carbonyl (C=O) groups is 3. The van der Waals surface area contributed by atoms with E-state index in [0.29, 0.717) is 119 Å². The third-order valence-electron chi connectivity index (χ3n) is 16.4. The molecule has 0 spiro atoms. The molecule has 9 rings (SSSR count). The minimum absolute atomic E-state index is 0.00356. The van der Waals surface area contributed by atoms with Gasteiger partial charge < -0.3 is 34.3 Å². The van der Waals surface area contributed by atoms with Crippen molar-refractivity contribution in [3.63, 3.8) is 0 Å². The first kappa shape index (κ1) is 63.2. The van der Waals surface area contributed by atoms with Crippen molar-refractivity contribution in [2.45, 2.75) is 86.4 Å². The fourth-order valence-corrected chi connectivity index (χ4v) is 13.9. The Morgan fingerprint density at radius 3 is 2.25 bits per heavy atom. The predicted molar refractivity (Wildman–Crippen MR) is 319 cm³/mol. The normalized spacial score (nSPS) is 18.8. The zero-order valence-electron chi connectivity index (χ0n) is 48.1. The van der Waals surface area contributed by atoms with Gasteiger partial charge in [0.05, 0.1) is 42.7 Å². The van der Waals surface area contributed by atoms with Gasteiger partial charge in [-0.05, 0) is 116 Å². The van der Waals surface area contributed by atoms with Gasteiger partial charge in [-0.3, -0.25) is 29.1 Å². The monoisotopic (exact) mass is 1240 g/mol. The van der Waals surface area contributed by atoms with Crippen molar-refractivity contribution < 1.29 is 58.6 Å². The van der Waals surface area contributed by atoms with Crippen LogP contribution in [0.2, 0.25) is 5.02 Å². The van der Waals surface area contributed by atoms with E-state index in [0.717, 1.165) is 88.8 Å². The first-order valence-electron chi connectivity index (χ1n) is 29.0. The lowest BCUT2D eigenvalue weighted by Crippen LogP contribution is -2.51. The summed E-state index contributed by atoms with van der Waals surface area (Å²) in [6.45, 7) is 12.7. The summed E-state index contributed by atoms with van der Waals surface area (Å²) in [5.74, 6) is -0.995. The minimum atomic E-state index is -6.07. The van der Waals surface area contributed by atoms with E-state index in [1.807, 2.05) is 21.8 Å². The largest absolute Gasteiger partial charge is 0.501 e. The van der Waals surface area contributed by atoms with Gasteiger partial charge in [0, 0.05) is 126 Å². The first-order chi connectivity index (χ1) is 40.7. The van der Waals surface area contributed by atoms with Gasteiger partial charge in [-0.25, -0.2) is 26.5 Å². The predicted octanol–water partition coefficient (Wildman–Crippen LogP) is 8.98. The molecule has 25 heteroatoms. The van der Waals surface area contributed by atoms with Crippen LogP contribution in [0.3, 0.4) is 0 Å². The molecule has 1 aliphatic carbocycles. The highest BCUT2D eigenvalue weighted by Gasteiger charge is 2.48. The number of aromatic nitrogens is 2. The van der Waals surface area contributed by atoms with Crippen LogP contribution in [0.5, 0.6) is 11.5 Å². The van der Waals surface area contributed by atoms with Crippen molar-refractivity contribution in [3.8, 4) is 11.5 Å². The number of alkyl halides is 3. The van der Waals surface area contributed by atoms with Gasteiger partial charge in [-0.15, -0.1) is 0 Å². The van der Waals surface area contributed by atoms with Crippen molar-refractivity contribution in [1.82, 2.24) is 34.3 Å². The van der Waals surface area contributed by atoms with E-state index in [4.69, 9.17) is 25.8 Å². The van der Waals surface area contributed by atoms with Crippen molar-refractivity contribution in [2.24, 2.45) is 5.41 Å². The van der Waals surface area contributed by atoms with Gasteiger partial charge in [-0.2, -0.15) is 13.2 Å². The molecular formula is C60H75ClF3N9O10S2. The van der Waals surface area contributed by atoms with Gasteiger partial charge in [-0.1, -0.05) is 49.1 Å². The lowest BCUT2D eigenvalue weighted by Gasteiger charge is -2.44. The third-order valence-corrected chi connectivity index (χ3v) is 19.5. The number of anilines is 2. The summed E-state index contributed by atoms with van der Waals surface area (Å²) in [5, 5.41) is 4.10. The summed E-state index contributed by atoms with van der Waals surface area (Å²) in [4.78, 5) is 55.2. The number of hydrogen-bond donors (Lipinski definition) is 3. The number of fused-ring (bicyclic) bond motifs is 1. The molecule has 4 aliphatic rings. The summed E-state index contributed by atoms with van der Waals surface area (Å²) < 4.78 is 115. The zero-order chi connectivity index (χ0) is 60.4. The van der Waals surface area contributed by atoms with Gasteiger partial charge >= 0.3 is 11.5 Å². The quantitative estimate of drug-likeness (QED) is 0.0388. The van der Waals surface area contributed by atoms with Crippen LogP contribution in [0.25, 0.3) is 16.6 Å². The Morgan fingerprint density at radius 1 is 0.812 bits per heavy atom. The molecule has 3 fully saturated rings. The minimum Gasteiger partial charge on any atom is -0.469 e. The lowest BCUT2D eigenvalue weighted by molar-refractivity contribution is -0.140. The molecule has 3 aliphatic heterocycles. The SMILES string of the molecule is COC(=O)CCCCCCC(=O)N1CCN(C[C@]2(C)CCC(c3ccc(Cl)cc3)=C(CN3CCN(c4ccc(C(=O)NS(=O)(=O)c5ccc(NCCCN6CCOCC6)c(S(=O)(=O)C(F)(F)F)c5)c(Oc5cnc6[nH]ccc6c5)c4)CC3)C2)CC1. The van der Waals surface area contributed by atoms with Crippen LogP contribution < -0.4 is 19.7 Å². The number of amides is 2. The number of piperazine rings is 2. The molecule has 3 saturated heterocycles. The number of benzene rings is 3. The average molecular weight is 1240 g/mol. The Bertz CT molecular complexity index is 3420. The molecule has 2 amide bonds. The molecule has 2 aromatic heterocycles. The Labute approximate surface area is 500 Å². The second kappa shape index (κ2) is 28.0. The number of rotatable bonds is 24. The highest BCUT2D eigenvalue weighted by molar-refractivity contribution is 7.92. The number of ether oxygens (including phenoxy) is 3. The van der Waals surface area contributed by atoms with E-state index in [2.05, 4.69) is 53.9 Å². The number of esters is 1. The number of sulfone groups is 1. The molecule has 0 saturated carbocycles. The molecule has 19 nitrogen and oxygen atoms in total. The molecule has 0 bridgehead atoms. The van der Waals surface area contributed by atoms with Gasteiger partial charge in [0.25, 0.3) is 25.8 Å². The number of pyridine rings is 1. The van der Waals surface area contributed by atoms with Crippen LogP contribution in [0.4, 0.5) is 24.5 Å². The van der Waals surface area contributed by atoms with Crippen LogP contribution in [-0.4, -0.2) is 182 Å². The van der Waals surface area contributed by atoms with Crippen LogP contribution in [-0.2, 0) is 38.9 Å². The Morgan fingerprint density at radius 2 is 1.53 bits per heavy atom. The Balaban J connectivity index is 0.870. The van der Waals surface area contributed by atoms with Gasteiger partial charge in [0.1, 0.15) is 22.0 Å². The number of allylic oxidation sites excluding steroid dienone is 1. The number of morpholine rings is 1. The molecule has 3 N–H and O–H groups in total. The second-order valence-corrected chi connectivity index (χ2v) is 26.7. The van der Waals surface area contributed by atoms with E-state index in [1.54, 1.807) is 30.5 Å². The van der Waals surface area contributed by atoms with E-state index >= 15 is 0 Å². The highest BCUT2D eigenvalue weighted by Crippen LogP contribution is 2.44. The van der Waals surface area contributed by atoms with Crippen molar-refractivity contribution in [3.05, 3.63) is 107 Å². The summed E-state index contributed by atoms with van der Waals surface area (Å²) >= 11 is 6.37. The molecule has 3 aromatic carbocycles.